The SMILES string of the molecule is COc1ccc(C=C2SC(=S)N(/N=C/c3cc(Br)ccc3O)C2=O)cc1Br. The Balaban J connectivity index is 1.83. The quantitative estimate of drug-likeness (QED) is 0.338. The van der Waals surface area contributed by atoms with Gasteiger partial charge in [-0.3, -0.25) is 4.79 Å². The number of halogens is 2. The molecule has 2 aromatic carbocycles. The van der Waals surface area contributed by atoms with Crippen LogP contribution in [0.4, 0.5) is 0 Å². The highest BCUT2D eigenvalue weighted by atomic mass is 79.9. The molecular weight excluding hydrogens is 516 g/mol. The molecule has 2 aromatic rings. The van der Waals surface area contributed by atoms with Crippen LogP contribution in [-0.2, 0) is 4.79 Å². The maximum absolute atomic E-state index is 12.6. The van der Waals surface area contributed by atoms with Crippen LogP contribution in [0.1, 0.15) is 11.1 Å². The van der Waals surface area contributed by atoms with Crippen molar-refractivity contribution in [2.75, 3.05) is 7.11 Å². The number of thiocarbonyl (C=S) groups is 1. The summed E-state index contributed by atoms with van der Waals surface area (Å²) in [5.41, 5.74) is 1.30. The monoisotopic (exact) mass is 526 g/mol. The Morgan fingerprint density at radius 2 is 2.04 bits per heavy atom. The molecule has 0 aliphatic carbocycles. The number of methoxy groups -OCH3 is 1. The normalized spacial score (nSPS) is 16.0. The van der Waals surface area contributed by atoms with Crippen LogP contribution < -0.4 is 4.74 Å². The second kappa shape index (κ2) is 8.55. The van der Waals surface area contributed by atoms with E-state index in [1.807, 2.05) is 18.2 Å². The largest absolute Gasteiger partial charge is 0.507 e. The molecule has 0 spiro atoms. The van der Waals surface area contributed by atoms with Crippen LogP contribution in [-0.4, -0.2) is 33.7 Å². The zero-order chi connectivity index (χ0) is 19.6. The van der Waals surface area contributed by atoms with Crippen molar-refractivity contribution in [1.82, 2.24) is 5.01 Å². The lowest BCUT2D eigenvalue weighted by Gasteiger charge is -2.07. The van der Waals surface area contributed by atoms with E-state index in [4.69, 9.17) is 17.0 Å². The number of phenols is 1. The second-order valence-electron chi connectivity index (χ2n) is 5.34. The molecule has 1 aliphatic rings. The Kier molecular flexibility index (Phi) is 6.36. The number of rotatable bonds is 4. The molecule has 1 amide bonds. The van der Waals surface area contributed by atoms with Crippen molar-refractivity contribution in [2.45, 2.75) is 0 Å². The Labute approximate surface area is 182 Å². The molecule has 1 saturated heterocycles. The number of amides is 1. The lowest BCUT2D eigenvalue weighted by atomic mass is 10.2. The third kappa shape index (κ3) is 4.60. The zero-order valence-corrected chi connectivity index (χ0v) is 18.7. The maximum Gasteiger partial charge on any atom is 0.286 e. The highest BCUT2D eigenvalue weighted by molar-refractivity contribution is 9.10. The van der Waals surface area contributed by atoms with Crippen molar-refractivity contribution < 1.29 is 14.6 Å². The summed E-state index contributed by atoms with van der Waals surface area (Å²) < 4.78 is 7.11. The number of aromatic hydroxyl groups is 1. The van der Waals surface area contributed by atoms with Crippen molar-refractivity contribution in [3.05, 3.63) is 61.4 Å². The number of carbonyl (C=O) groups excluding carboxylic acids is 1. The smallest absolute Gasteiger partial charge is 0.286 e. The lowest BCUT2D eigenvalue weighted by Crippen LogP contribution is -2.22. The molecule has 138 valence electrons. The minimum absolute atomic E-state index is 0.0611. The Morgan fingerprint density at radius 3 is 2.74 bits per heavy atom. The van der Waals surface area contributed by atoms with Gasteiger partial charge >= 0.3 is 0 Å². The molecule has 1 N–H and O–H groups in total. The average Bonchev–Trinajstić information content (AvgIpc) is 2.89. The van der Waals surface area contributed by atoms with Gasteiger partial charge in [0.15, 0.2) is 4.32 Å². The number of nitrogens with zero attached hydrogens (tertiary/aromatic N) is 2. The van der Waals surface area contributed by atoms with Crippen molar-refractivity contribution in [1.29, 1.82) is 0 Å². The van der Waals surface area contributed by atoms with Gasteiger partial charge in [-0.15, -0.1) is 0 Å². The number of hydrazone groups is 1. The van der Waals surface area contributed by atoms with E-state index < -0.39 is 0 Å². The van der Waals surface area contributed by atoms with Crippen LogP contribution in [0.15, 0.2) is 55.4 Å². The number of hydrogen-bond acceptors (Lipinski definition) is 6. The highest BCUT2D eigenvalue weighted by Gasteiger charge is 2.32. The summed E-state index contributed by atoms with van der Waals surface area (Å²) in [7, 11) is 1.59. The zero-order valence-electron chi connectivity index (χ0n) is 13.8. The fourth-order valence-electron chi connectivity index (χ4n) is 2.23. The molecule has 1 aliphatic heterocycles. The Morgan fingerprint density at radius 1 is 1.26 bits per heavy atom. The molecule has 0 atom stereocenters. The summed E-state index contributed by atoms with van der Waals surface area (Å²) in [6, 6.07) is 10.5. The average molecular weight is 528 g/mol. The molecule has 27 heavy (non-hydrogen) atoms. The maximum atomic E-state index is 12.6. The third-order valence-electron chi connectivity index (χ3n) is 3.55. The van der Waals surface area contributed by atoms with E-state index in [1.165, 1.54) is 24.0 Å². The first-order valence-electron chi connectivity index (χ1n) is 7.53. The first-order chi connectivity index (χ1) is 12.9. The second-order valence-corrected chi connectivity index (χ2v) is 8.78. The van der Waals surface area contributed by atoms with E-state index in [0.29, 0.717) is 20.5 Å². The minimum Gasteiger partial charge on any atom is -0.507 e. The van der Waals surface area contributed by atoms with Gasteiger partial charge < -0.3 is 9.84 Å². The van der Waals surface area contributed by atoms with E-state index in [1.54, 1.807) is 25.3 Å². The summed E-state index contributed by atoms with van der Waals surface area (Å²) >= 11 is 13.2. The van der Waals surface area contributed by atoms with Gasteiger partial charge in [0.1, 0.15) is 11.5 Å². The fraction of sp³-hybridized carbons (Fsp3) is 0.0556. The molecule has 1 fully saturated rings. The first-order valence-corrected chi connectivity index (χ1v) is 10.3. The molecule has 5 nitrogen and oxygen atoms in total. The van der Waals surface area contributed by atoms with Crippen LogP contribution in [0, 0.1) is 0 Å². The molecule has 0 saturated carbocycles. The molecule has 0 unspecified atom stereocenters. The van der Waals surface area contributed by atoms with Crippen LogP contribution in [0.3, 0.4) is 0 Å². The van der Waals surface area contributed by atoms with Gasteiger partial charge in [-0.25, -0.2) is 0 Å². The molecular formula is C18H12Br2N2O3S2. The number of hydrogen-bond donors (Lipinski definition) is 1. The highest BCUT2D eigenvalue weighted by Crippen LogP contribution is 2.34. The topological polar surface area (TPSA) is 62.1 Å². The number of ether oxygens (including phenoxy) is 1. The number of thioether (sulfide) groups is 1. The lowest BCUT2D eigenvalue weighted by molar-refractivity contribution is -0.122. The van der Waals surface area contributed by atoms with Crippen LogP contribution in [0.2, 0.25) is 0 Å². The van der Waals surface area contributed by atoms with E-state index in [-0.39, 0.29) is 11.7 Å². The Hall–Kier alpha value is -1.68. The molecule has 0 radical (unpaired) electrons. The van der Waals surface area contributed by atoms with Gasteiger partial charge in [0, 0.05) is 10.0 Å². The van der Waals surface area contributed by atoms with Gasteiger partial charge in [-0.1, -0.05) is 33.8 Å². The van der Waals surface area contributed by atoms with Gasteiger partial charge in [-0.2, -0.15) is 10.1 Å². The summed E-state index contributed by atoms with van der Waals surface area (Å²) in [4.78, 5) is 13.1. The Bertz CT molecular complexity index is 993. The van der Waals surface area contributed by atoms with Gasteiger partial charge in [0.25, 0.3) is 5.91 Å². The molecule has 3 rings (SSSR count). The summed E-state index contributed by atoms with van der Waals surface area (Å²) in [6.07, 6.45) is 3.15. The molecule has 0 bridgehead atoms. The van der Waals surface area contributed by atoms with Crippen LogP contribution in [0.5, 0.6) is 11.5 Å². The van der Waals surface area contributed by atoms with Gasteiger partial charge in [-0.05, 0) is 70.1 Å². The summed E-state index contributed by atoms with van der Waals surface area (Å²) in [5, 5.41) is 15.2. The van der Waals surface area contributed by atoms with E-state index in [2.05, 4.69) is 37.0 Å². The van der Waals surface area contributed by atoms with Crippen molar-refractivity contribution in [2.24, 2.45) is 5.10 Å². The van der Waals surface area contributed by atoms with Gasteiger partial charge in [0.05, 0.1) is 22.7 Å². The van der Waals surface area contributed by atoms with E-state index in [0.717, 1.165) is 19.5 Å². The van der Waals surface area contributed by atoms with Gasteiger partial charge in [0.2, 0.25) is 0 Å². The number of phenolic OH excluding ortho intramolecular Hbond substituents is 1. The van der Waals surface area contributed by atoms with Crippen LogP contribution >= 0.6 is 55.8 Å². The molecule has 1 heterocycles. The van der Waals surface area contributed by atoms with E-state index >= 15 is 0 Å². The summed E-state index contributed by atoms with van der Waals surface area (Å²) in [5.74, 6) is 0.451. The standard InChI is InChI=1S/C18H12Br2N2O3S2/c1-25-15-5-2-10(6-13(15)20)7-16-17(24)22(18(26)27-16)21-9-11-8-12(19)3-4-14(11)23/h2-9,23H,1H3/b16-7?,21-9+. The predicted molar refractivity (Wildman–Crippen MR) is 119 cm³/mol. The fourth-order valence-corrected chi connectivity index (χ4v) is 4.34. The molecule has 0 aromatic heterocycles. The summed E-state index contributed by atoms with van der Waals surface area (Å²) in [6.45, 7) is 0. The molecule has 9 heteroatoms. The van der Waals surface area contributed by atoms with Crippen molar-refractivity contribution >= 4 is 78.4 Å². The van der Waals surface area contributed by atoms with Crippen molar-refractivity contribution in [3.63, 3.8) is 0 Å². The number of carbonyl (C=O) groups is 1. The van der Waals surface area contributed by atoms with E-state index in [9.17, 15) is 9.90 Å². The number of benzene rings is 2. The van der Waals surface area contributed by atoms with Crippen LogP contribution in [0.25, 0.3) is 6.08 Å². The third-order valence-corrected chi connectivity index (χ3v) is 5.94. The first kappa shape index (κ1) is 20.1. The van der Waals surface area contributed by atoms with Crippen molar-refractivity contribution in [3.8, 4) is 11.5 Å². The predicted octanol–water partition coefficient (Wildman–Crippen LogP) is 5.16. The minimum atomic E-state index is -0.317.